The van der Waals surface area contributed by atoms with Gasteiger partial charge in [0, 0.05) is 6.20 Å². The number of hydrogen-bond acceptors (Lipinski definition) is 4. The molecule has 0 bridgehead atoms. The highest BCUT2D eigenvalue weighted by atomic mass is 79.9. The van der Waals surface area contributed by atoms with Crippen molar-refractivity contribution in [2.24, 2.45) is 5.73 Å². The lowest BCUT2D eigenvalue weighted by atomic mass is 10.1. The molecule has 6 heteroatoms. The number of nitrogens with one attached hydrogen (secondary N) is 1. The van der Waals surface area contributed by atoms with Crippen LogP contribution in [-0.4, -0.2) is 23.1 Å². The Morgan fingerprint density at radius 2 is 2.32 bits per heavy atom. The number of rotatable bonds is 4. The average Bonchev–Trinajstić information content (AvgIpc) is 2.38. The van der Waals surface area contributed by atoms with Crippen molar-refractivity contribution in [1.82, 2.24) is 10.3 Å². The molecule has 2 heterocycles. The lowest BCUT2D eigenvalue weighted by Gasteiger charge is -2.34. The molecule has 1 atom stereocenters. The fourth-order valence-corrected chi connectivity index (χ4v) is 2.66. The zero-order valence-corrected chi connectivity index (χ0v) is 12.8. The van der Waals surface area contributed by atoms with Gasteiger partial charge in [-0.3, -0.25) is 4.98 Å². The first-order valence-electron chi connectivity index (χ1n) is 5.84. The highest BCUT2D eigenvalue weighted by molar-refractivity contribution is 9.11. The lowest BCUT2D eigenvalue weighted by molar-refractivity contribution is 0.173. The van der Waals surface area contributed by atoms with Crippen LogP contribution in [0.15, 0.2) is 40.7 Å². The molecule has 3 N–H and O–H groups in total. The minimum absolute atomic E-state index is 0.410. The van der Waals surface area contributed by atoms with Gasteiger partial charge in [-0.15, -0.1) is 11.6 Å². The summed E-state index contributed by atoms with van der Waals surface area (Å²) in [5.74, 6) is 1.05. The molecule has 1 aliphatic heterocycles. The van der Waals surface area contributed by atoms with Crippen LogP contribution < -0.4 is 11.1 Å². The summed E-state index contributed by atoms with van der Waals surface area (Å²) in [6.07, 6.45) is 3.64. The van der Waals surface area contributed by atoms with Gasteiger partial charge in [0.25, 0.3) is 0 Å². The van der Waals surface area contributed by atoms with E-state index >= 15 is 0 Å². The molecule has 1 aliphatic rings. The highest BCUT2D eigenvalue weighted by Crippen LogP contribution is 2.31. The first kappa shape index (κ1) is 14.4. The monoisotopic (exact) mass is 343 g/mol. The zero-order valence-electron chi connectivity index (χ0n) is 10.5. The van der Waals surface area contributed by atoms with Gasteiger partial charge in [-0.1, -0.05) is 6.07 Å². The smallest absolute Gasteiger partial charge is 0.150 e. The number of ether oxygens (including phenoxy) is 1. The molecule has 19 heavy (non-hydrogen) atoms. The Kier molecular flexibility index (Phi) is 4.50. The molecule has 0 saturated carbocycles. The van der Waals surface area contributed by atoms with Gasteiger partial charge in [-0.05, 0) is 41.1 Å². The number of dihydropyridines is 1. The molecule has 0 amide bonds. The highest BCUT2D eigenvalue weighted by Gasteiger charge is 2.32. The number of pyridine rings is 1. The summed E-state index contributed by atoms with van der Waals surface area (Å²) >= 11 is 9.12. The molecule has 0 fully saturated rings. The molecule has 0 spiro atoms. The molecule has 0 saturated heterocycles. The van der Waals surface area contributed by atoms with E-state index in [-0.39, 0.29) is 0 Å². The second-order valence-electron chi connectivity index (χ2n) is 4.31. The standard InChI is InChI=1S/C13H15BrClN3O/c1-13(16)12(19-7-5-15)9(14)8-11(18-13)10-4-2-3-6-17-10/h2-4,6,8,18H,5,7,16H2,1H3. The Labute approximate surface area is 125 Å². The summed E-state index contributed by atoms with van der Waals surface area (Å²) in [6.45, 7) is 2.25. The molecular weight excluding hydrogens is 330 g/mol. The van der Waals surface area contributed by atoms with E-state index in [4.69, 9.17) is 22.1 Å². The fraction of sp³-hybridized carbons (Fsp3) is 0.308. The minimum Gasteiger partial charge on any atom is -0.492 e. The summed E-state index contributed by atoms with van der Waals surface area (Å²) in [6, 6.07) is 5.71. The van der Waals surface area contributed by atoms with Crippen LogP contribution in [0.3, 0.4) is 0 Å². The van der Waals surface area contributed by atoms with Crippen molar-refractivity contribution in [2.45, 2.75) is 12.6 Å². The molecule has 2 rings (SSSR count). The van der Waals surface area contributed by atoms with E-state index in [1.54, 1.807) is 6.20 Å². The Morgan fingerprint density at radius 3 is 2.89 bits per heavy atom. The van der Waals surface area contributed by atoms with Gasteiger partial charge in [-0.2, -0.15) is 0 Å². The van der Waals surface area contributed by atoms with E-state index < -0.39 is 5.66 Å². The molecule has 1 aromatic heterocycles. The van der Waals surface area contributed by atoms with Crippen LogP contribution in [-0.2, 0) is 4.74 Å². The van der Waals surface area contributed by atoms with Crippen LogP contribution >= 0.6 is 27.5 Å². The first-order chi connectivity index (χ1) is 9.04. The predicted octanol–water partition coefficient (Wildman–Crippen LogP) is 2.56. The van der Waals surface area contributed by atoms with E-state index in [0.29, 0.717) is 18.2 Å². The largest absolute Gasteiger partial charge is 0.492 e. The molecular formula is C13H15BrClN3O. The summed E-state index contributed by atoms with van der Waals surface area (Å²) in [7, 11) is 0. The SMILES string of the molecule is CC1(N)NC(c2ccccn2)=CC(Br)=C1OCCCl. The number of halogens is 2. The van der Waals surface area contributed by atoms with Crippen molar-refractivity contribution >= 4 is 33.2 Å². The maximum atomic E-state index is 6.25. The Bertz CT molecular complexity index is 514. The number of nitrogens with zero attached hydrogens (tertiary/aromatic N) is 1. The van der Waals surface area contributed by atoms with Crippen LogP contribution in [0.2, 0.25) is 0 Å². The van der Waals surface area contributed by atoms with Crippen molar-refractivity contribution in [1.29, 1.82) is 0 Å². The van der Waals surface area contributed by atoms with E-state index in [9.17, 15) is 0 Å². The van der Waals surface area contributed by atoms with E-state index in [0.717, 1.165) is 15.9 Å². The second-order valence-corrected chi connectivity index (χ2v) is 5.55. The van der Waals surface area contributed by atoms with Crippen LogP contribution in [0, 0.1) is 0 Å². The van der Waals surface area contributed by atoms with E-state index in [2.05, 4.69) is 26.2 Å². The van der Waals surface area contributed by atoms with Gasteiger partial charge < -0.3 is 15.8 Å². The second kappa shape index (κ2) is 5.94. The maximum Gasteiger partial charge on any atom is 0.150 e. The van der Waals surface area contributed by atoms with Crippen molar-refractivity contribution in [3.05, 3.63) is 46.4 Å². The van der Waals surface area contributed by atoms with Crippen LogP contribution in [0.25, 0.3) is 5.70 Å². The molecule has 4 nitrogen and oxygen atoms in total. The predicted molar refractivity (Wildman–Crippen MR) is 80.6 cm³/mol. The topological polar surface area (TPSA) is 60.2 Å². The fourth-order valence-electron chi connectivity index (χ4n) is 1.83. The number of nitrogens with two attached hydrogens (primary N) is 1. The third-order valence-corrected chi connectivity index (χ3v) is 3.36. The van der Waals surface area contributed by atoms with Crippen molar-refractivity contribution in [3.63, 3.8) is 0 Å². The number of allylic oxidation sites excluding steroid dienone is 2. The molecule has 102 valence electrons. The van der Waals surface area contributed by atoms with Gasteiger partial charge >= 0.3 is 0 Å². The summed E-state index contributed by atoms with van der Waals surface area (Å²) in [5, 5.41) is 3.22. The number of hydrogen-bond donors (Lipinski definition) is 2. The van der Waals surface area contributed by atoms with Crippen LogP contribution in [0.4, 0.5) is 0 Å². The normalized spacial score (nSPS) is 22.8. The van der Waals surface area contributed by atoms with Crippen LogP contribution in [0.5, 0.6) is 0 Å². The summed E-state index contributed by atoms with van der Waals surface area (Å²) in [5.41, 5.74) is 7.10. The minimum atomic E-state index is -0.813. The lowest BCUT2D eigenvalue weighted by Crippen LogP contribution is -2.53. The third kappa shape index (κ3) is 3.29. The molecule has 1 unspecified atom stereocenters. The van der Waals surface area contributed by atoms with E-state index in [1.165, 1.54) is 0 Å². The summed E-state index contributed by atoms with van der Waals surface area (Å²) in [4.78, 5) is 4.30. The molecule has 1 aromatic rings. The first-order valence-corrected chi connectivity index (χ1v) is 7.16. The molecule has 0 radical (unpaired) electrons. The Balaban J connectivity index is 2.34. The van der Waals surface area contributed by atoms with Crippen molar-refractivity contribution < 1.29 is 4.74 Å². The quantitative estimate of drug-likeness (QED) is 0.824. The number of aromatic nitrogens is 1. The Morgan fingerprint density at radius 1 is 1.53 bits per heavy atom. The molecule has 0 aromatic carbocycles. The van der Waals surface area contributed by atoms with Crippen LogP contribution in [0.1, 0.15) is 12.6 Å². The Hall–Kier alpha value is -1.04. The molecule has 0 aliphatic carbocycles. The summed E-state index contributed by atoms with van der Waals surface area (Å²) < 4.78 is 6.39. The average molecular weight is 345 g/mol. The van der Waals surface area contributed by atoms with Crippen molar-refractivity contribution in [2.75, 3.05) is 12.5 Å². The van der Waals surface area contributed by atoms with Crippen molar-refractivity contribution in [3.8, 4) is 0 Å². The zero-order chi connectivity index (χ0) is 13.9. The number of alkyl halides is 1. The maximum absolute atomic E-state index is 6.25. The van der Waals surface area contributed by atoms with Gasteiger partial charge in [0.1, 0.15) is 18.0 Å². The van der Waals surface area contributed by atoms with Gasteiger partial charge in [-0.25, -0.2) is 0 Å². The van der Waals surface area contributed by atoms with E-state index in [1.807, 2.05) is 31.2 Å². The van der Waals surface area contributed by atoms with Gasteiger partial charge in [0.15, 0.2) is 0 Å². The van der Waals surface area contributed by atoms with Gasteiger partial charge in [0.05, 0.1) is 21.8 Å². The third-order valence-electron chi connectivity index (χ3n) is 2.62. The van der Waals surface area contributed by atoms with Gasteiger partial charge in [0.2, 0.25) is 0 Å².